The van der Waals surface area contributed by atoms with Crippen LogP contribution in [0.4, 0.5) is 0 Å². The Hall–Kier alpha value is -3.72. The fourth-order valence-corrected chi connectivity index (χ4v) is 4.79. The van der Waals surface area contributed by atoms with Crippen molar-refractivity contribution in [3.8, 4) is 16.9 Å². The average molecular weight is 479 g/mol. The maximum atomic E-state index is 13.0. The van der Waals surface area contributed by atoms with E-state index >= 15 is 0 Å². The summed E-state index contributed by atoms with van der Waals surface area (Å²) in [6.45, 7) is 2.50. The fourth-order valence-electron chi connectivity index (χ4n) is 4.20. The van der Waals surface area contributed by atoms with E-state index in [4.69, 9.17) is 15.9 Å². The average Bonchev–Trinajstić information content (AvgIpc) is 3.43. The largest absolute Gasteiger partial charge is 0.491 e. The van der Waals surface area contributed by atoms with Crippen LogP contribution in [0.2, 0.25) is 0 Å². The Bertz CT molecular complexity index is 1190. The summed E-state index contributed by atoms with van der Waals surface area (Å²) in [5.74, 6) is -0.464. The molecule has 1 amide bonds. The fraction of sp³-hybridized carbons (Fsp3) is 0.280. The summed E-state index contributed by atoms with van der Waals surface area (Å²) in [6, 6.07) is 14.9. The third-order valence-electron chi connectivity index (χ3n) is 5.89. The standard InChI is InChI=1S/C25H26N4O4S/c1-15-28-22(14-34-15)25(32)29-12-16(11-23(30)31)10-20(29)13-33-21-8-6-18(7-9-21)17-2-4-19(5-3-17)24(26)27/h2-9,14,16,20H,10-13H2,1H3,(H3,26,27)(H,30,31)/t16-,20-/m0/s1. The Morgan fingerprint density at radius 3 is 2.38 bits per heavy atom. The number of aryl methyl sites for hydroxylation is 1. The lowest BCUT2D eigenvalue weighted by Gasteiger charge is -2.24. The number of aliphatic carboxylic acids is 1. The molecule has 1 aliphatic rings. The molecule has 1 saturated heterocycles. The van der Waals surface area contributed by atoms with Gasteiger partial charge < -0.3 is 20.5 Å². The second-order valence-electron chi connectivity index (χ2n) is 8.39. The maximum absolute atomic E-state index is 13.0. The minimum Gasteiger partial charge on any atom is -0.491 e. The van der Waals surface area contributed by atoms with Crippen molar-refractivity contribution < 1.29 is 19.4 Å². The van der Waals surface area contributed by atoms with Crippen molar-refractivity contribution in [1.29, 1.82) is 5.41 Å². The molecule has 0 spiro atoms. The Morgan fingerprint density at radius 1 is 1.18 bits per heavy atom. The van der Waals surface area contributed by atoms with E-state index < -0.39 is 5.97 Å². The van der Waals surface area contributed by atoms with Gasteiger partial charge in [-0.2, -0.15) is 0 Å². The molecule has 0 radical (unpaired) electrons. The number of thiazole rings is 1. The molecular weight excluding hydrogens is 452 g/mol. The number of amidine groups is 1. The van der Waals surface area contributed by atoms with Crippen molar-refractivity contribution in [2.45, 2.75) is 25.8 Å². The molecular formula is C25H26N4O4S. The number of ether oxygens (including phenoxy) is 1. The normalized spacial score (nSPS) is 17.5. The van der Waals surface area contributed by atoms with Gasteiger partial charge in [0.1, 0.15) is 23.9 Å². The molecule has 4 N–H and O–H groups in total. The number of rotatable bonds is 8. The van der Waals surface area contributed by atoms with E-state index in [-0.39, 0.29) is 36.7 Å². The third-order valence-corrected chi connectivity index (χ3v) is 6.66. The zero-order chi connectivity index (χ0) is 24.2. The van der Waals surface area contributed by atoms with Crippen LogP contribution in [0, 0.1) is 18.3 Å². The Morgan fingerprint density at radius 2 is 1.82 bits per heavy atom. The number of nitrogens with two attached hydrogens (primary N) is 1. The van der Waals surface area contributed by atoms with Gasteiger partial charge >= 0.3 is 5.97 Å². The van der Waals surface area contributed by atoms with Crippen LogP contribution >= 0.6 is 11.3 Å². The Kier molecular flexibility index (Phi) is 6.93. The number of carboxylic acid groups (broad SMARTS) is 1. The first-order valence-corrected chi connectivity index (χ1v) is 11.8. The molecule has 34 heavy (non-hydrogen) atoms. The second-order valence-corrected chi connectivity index (χ2v) is 9.45. The molecule has 1 aliphatic heterocycles. The third kappa shape index (κ3) is 5.43. The number of nitrogen functional groups attached to an aromatic ring is 1. The van der Waals surface area contributed by atoms with Gasteiger partial charge in [-0.1, -0.05) is 36.4 Å². The van der Waals surface area contributed by atoms with Gasteiger partial charge in [-0.15, -0.1) is 11.3 Å². The molecule has 176 valence electrons. The number of amides is 1. The van der Waals surface area contributed by atoms with Crippen LogP contribution in [-0.4, -0.2) is 51.9 Å². The quantitative estimate of drug-likeness (QED) is 0.334. The predicted molar refractivity (Wildman–Crippen MR) is 130 cm³/mol. The number of carbonyl (C=O) groups excluding carboxylic acids is 1. The van der Waals surface area contributed by atoms with Gasteiger partial charge in [0, 0.05) is 23.9 Å². The number of nitrogens with one attached hydrogen (secondary N) is 1. The number of likely N-dealkylation sites (tertiary alicyclic amines) is 1. The summed E-state index contributed by atoms with van der Waals surface area (Å²) in [4.78, 5) is 30.3. The number of nitrogens with zero attached hydrogens (tertiary/aromatic N) is 2. The van der Waals surface area contributed by atoms with Gasteiger partial charge in [0.25, 0.3) is 5.91 Å². The number of hydrogen-bond acceptors (Lipinski definition) is 6. The first-order chi connectivity index (χ1) is 16.3. The first-order valence-electron chi connectivity index (χ1n) is 10.9. The van der Waals surface area contributed by atoms with E-state index in [2.05, 4.69) is 4.98 Å². The van der Waals surface area contributed by atoms with E-state index in [0.29, 0.717) is 30.0 Å². The lowest BCUT2D eigenvalue weighted by atomic mass is 10.0. The van der Waals surface area contributed by atoms with Crippen molar-refractivity contribution in [2.75, 3.05) is 13.2 Å². The van der Waals surface area contributed by atoms with Crippen LogP contribution < -0.4 is 10.5 Å². The van der Waals surface area contributed by atoms with Gasteiger partial charge in [0.05, 0.1) is 11.0 Å². The van der Waals surface area contributed by atoms with Crippen molar-refractivity contribution in [3.05, 3.63) is 70.2 Å². The molecule has 1 aromatic heterocycles. The maximum Gasteiger partial charge on any atom is 0.303 e. The summed E-state index contributed by atoms with van der Waals surface area (Å²) in [5.41, 5.74) is 8.58. The van der Waals surface area contributed by atoms with Gasteiger partial charge in [-0.05, 0) is 42.5 Å². The molecule has 2 atom stereocenters. The van der Waals surface area contributed by atoms with Crippen LogP contribution in [0.15, 0.2) is 53.9 Å². The smallest absolute Gasteiger partial charge is 0.303 e. The van der Waals surface area contributed by atoms with Crippen LogP contribution in [-0.2, 0) is 4.79 Å². The number of carboxylic acids is 1. The molecule has 0 saturated carbocycles. The summed E-state index contributed by atoms with van der Waals surface area (Å²) < 4.78 is 6.00. The highest BCUT2D eigenvalue weighted by Gasteiger charge is 2.37. The minimum absolute atomic E-state index is 0.0213. The Labute approximate surface area is 201 Å². The highest BCUT2D eigenvalue weighted by Crippen LogP contribution is 2.29. The van der Waals surface area contributed by atoms with Crippen molar-refractivity contribution in [3.63, 3.8) is 0 Å². The van der Waals surface area contributed by atoms with E-state index in [1.165, 1.54) is 11.3 Å². The van der Waals surface area contributed by atoms with Crippen LogP contribution in [0.25, 0.3) is 11.1 Å². The zero-order valence-electron chi connectivity index (χ0n) is 18.7. The minimum atomic E-state index is -0.865. The van der Waals surface area contributed by atoms with Crippen LogP contribution in [0.5, 0.6) is 5.75 Å². The molecule has 0 aliphatic carbocycles. The molecule has 0 bridgehead atoms. The molecule has 0 unspecified atom stereocenters. The Balaban J connectivity index is 1.43. The number of carbonyl (C=O) groups is 2. The van der Waals surface area contributed by atoms with Crippen LogP contribution in [0.3, 0.4) is 0 Å². The van der Waals surface area contributed by atoms with E-state index in [9.17, 15) is 14.7 Å². The second kappa shape index (κ2) is 10.0. The zero-order valence-corrected chi connectivity index (χ0v) is 19.5. The molecule has 9 heteroatoms. The van der Waals surface area contributed by atoms with Crippen LogP contribution in [0.1, 0.15) is 33.9 Å². The summed E-state index contributed by atoms with van der Waals surface area (Å²) in [5, 5.41) is 19.3. The lowest BCUT2D eigenvalue weighted by molar-refractivity contribution is -0.138. The monoisotopic (exact) mass is 478 g/mol. The van der Waals surface area contributed by atoms with Crippen molar-refractivity contribution >= 4 is 29.0 Å². The predicted octanol–water partition coefficient (Wildman–Crippen LogP) is 3.79. The lowest BCUT2D eigenvalue weighted by Crippen LogP contribution is -2.39. The molecule has 3 aromatic rings. The summed E-state index contributed by atoms with van der Waals surface area (Å²) in [6.07, 6.45) is 0.592. The first kappa shape index (κ1) is 23.4. The molecule has 1 fully saturated rings. The molecule has 2 heterocycles. The molecule has 8 nitrogen and oxygen atoms in total. The van der Waals surface area contributed by atoms with Gasteiger partial charge in [-0.25, -0.2) is 4.98 Å². The van der Waals surface area contributed by atoms with Crippen molar-refractivity contribution in [1.82, 2.24) is 9.88 Å². The molecule has 4 rings (SSSR count). The van der Waals surface area contributed by atoms with E-state index in [0.717, 1.165) is 16.1 Å². The van der Waals surface area contributed by atoms with Gasteiger partial charge in [0.15, 0.2) is 0 Å². The number of hydrogen-bond donors (Lipinski definition) is 3. The van der Waals surface area contributed by atoms with Gasteiger partial charge in [0.2, 0.25) is 0 Å². The molecule has 2 aromatic carbocycles. The highest BCUT2D eigenvalue weighted by molar-refractivity contribution is 7.09. The van der Waals surface area contributed by atoms with E-state index in [1.807, 2.05) is 55.5 Å². The topological polar surface area (TPSA) is 130 Å². The number of benzene rings is 2. The summed E-state index contributed by atoms with van der Waals surface area (Å²) in [7, 11) is 0. The van der Waals surface area contributed by atoms with Crippen molar-refractivity contribution in [2.24, 2.45) is 11.7 Å². The highest BCUT2D eigenvalue weighted by atomic mass is 32.1. The number of aromatic nitrogens is 1. The van der Waals surface area contributed by atoms with E-state index in [1.54, 1.807) is 10.3 Å². The SMILES string of the molecule is Cc1nc(C(=O)N2C[C@H](CC(=O)O)C[C@H]2COc2ccc(-c3ccc(C(=N)N)cc3)cc2)cs1. The summed E-state index contributed by atoms with van der Waals surface area (Å²) >= 11 is 1.42. The van der Waals surface area contributed by atoms with Gasteiger partial charge in [-0.3, -0.25) is 15.0 Å².